The van der Waals surface area contributed by atoms with E-state index in [2.05, 4.69) is 0 Å². The largest absolute Gasteiger partial charge is 0.508 e. The fraction of sp³-hybridized carbons (Fsp3) is 0.364. The molecule has 0 aromatic heterocycles. The Morgan fingerprint density at radius 1 is 1.00 bits per heavy atom. The van der Waals surface area contributed by atoms with Gasteiger partial charge in [0, 0.05) is 12.1 Å². The van der Waals surface area contributed by atoms with Gasteiger partial charge < -0.3 is 14.6 Å². The third-order valence-electron chi connectivity index (χ3n) is 3.95. The highest BCUT2D eigenvalue weighted by Gasteiger charge is 2.23. The van der Waals surface area contributed by atoms with Crippen LogP contribution < -0.4 is 0 Å². The lowest BCUT2D eigenvalue weighted by molar-refractivity contribution is -0.139. The maximum Gasteiger partial charge on any atom is 0.410 e. The minimum absolute atomic E-state index is 0.0511. The molecule has 0 aliphatic heterocycles. The predicted octanol–water partition coefficient (Wildman–Crippen LogP) is 4.05. The van der Waals surface area contributed by atoms with Gasteiger partial charge in [-0.15, -0.1) is 0 Å². The van der Waals surface area contributed by atoms with Crippen LogP contribution in [-0.4, -0.2) is 34.8 Å². The summed E-state index contributed by atoms with van der Waals surface area (Å²) in [7, 11) is 1.33. The third kappa shape index (κ3) is 6.61. The standard InChI is InChI=1S/C22H27NO5/c1-22(2,3)28-21(26)23(14-16-8-6-5-7-9-16)15-18-12-17(10-11-19(18)24)13-20(25)27-4/h5-12,24H,13-15H2,1-4H3. The van der Waals surface area contributed by atoms with Crippen molar-refractivity contribution in [3.05, 3.63) is 65.2 Å². The number of benzene rings is 2. The Hall–Kier alpha value is -3.02. The van der Waals surface area contributed by atoms with Crippen LogP contribution in [-0.2, 0) is 33.8 Å². The first-order valence-electron chi connectivity index (χ1n) is 9.07. The highest BCUT2D eigenvalue weighted by atomic mass is 16.6. The van der Waals surface area contributed by atoms with Gasteiger partial charge in [-0.2, -0.15) is 0 Å². The first kappa shape index (κ1) is 21.3. The van der Waals surface area contributed by atoms with Crippen molar-refractivity contribution in [3.8, 4) is 5.75 Å². The summed E-state index contributed by atoms with van der Waals surface area (Å²) in [5, 5.41) is 10.3. The monoisotopic (exact) mass is 385 g/mol. The Labute approximate surface area is 165 Å². The van der Waals surface area contributed by atoms with Crippen molar-refractivity contribution in [1.82, 2.24) is 4.90 Å². The summed E-state index contributed by atoms with van der Waals surface area (Å²) in [6, 6.07) is 14.4. The second-order valence-electron chi connectivity index (χ2n) is 7.54. The van der Waals surface area contributed by atoms with Crippen molar-refractivity contribution in [2.45, 2.75) is 45.9 Å². The molecule has 2 aromatic carbocycles. The van der Waals surface area contributed by atoms with E-state index in [1.165, 1.54) is 18.1 Å². The number of hydrogen-bond acceptors (Lipinski definition) is 5. The van der Waals surface area contributed by atoms with E-state index in [-0.39, 0.29) is 24.7 Å². The minimum atomic E-state index is -0.638. The van der Waals surface area contributed by atoms with Gasteiger partial charge in [-0.25, -0.2) is 4.79 Å². The lowest BCUT2D eigenvalue weighted by Gasteiger charge is -2.28. The summed E-state index contributed by atoms with van der Waals surface area (Å²) in [4.78, 5) is 25.8. The van der Waals surface area contributed by atoms with Crippen molar-refractivity contribution in [3.63, 3.8) is 0 Å². The molecule has 0 spiro atoms. The normalized spacial score (nSPS) is 11.0. The Balaban J connectivity index is 2.27. The van der Waals surface area contributed by atoms with Crippen LogP contribution in [0.3, 0.4) is 0 Å². The zero-order chi connectivity index (χ0) is 20.7. The summed E-state index contributed by atoms with van der Waals surface area (Å²) in [6.45, 7) is 5.89. The van der Waals surface area contributed by atoms with Crippen molar-refractivity contribution in [1.29, 1.82) is 0 Å². The van der Waals surface area contributed by atoms with Crippen LogP contribution in [0.15, 0.2) is 48.5 Å². The number of phenols is 1. The van der Waals surface area contributed by atoms with Gasteiger partial charge in [0.25, 0.3) is 0 Å². The second-order valence-corrected chi connectivity index (χ2v) is 7.54. The predicted molar refractivity (Wildman–Crippen MR) is 106 cm³/mol. The number of esters is 1. The summed E-state index contributed by atoms with van der Waals surface area (Å²) in [5.74, 6) is -0.319. The molecular weight excluding hydrogens is 358 g/mol. The molecule has 2 aromatic rings. The average molecular weight is 385 g/mol. The molecule has 1 amide bonds. The first-order valence-corrected chi connectivity index (χ1v) is 9.07. The van der Waals surface area contributed by atoms with Crippen LogP contribution in [0.5, 0.6) is 5.75 Å². The summed E-state index contributed by atoms with van der Waals surface area (Å²) >= 11 is 0. The van der Waals surface area contributed by atoms with E-state index >= 15 is 0 Å². The molecule has 0 atom stereocenters. The number of rotatable bonds is 6. The number of phenolic OH excluding ortho intramolecular Hbond substituents is 1. The summed E-state index contributed by atoms with van der Waals surface area (Å²) in [5.41, 5.74) is 1.53. The summed E-state index contributed by atoms with van der Waals surface area (Å²) < 4.78 is 10.2. The van der Waals surface area contributed by atoms with Crippen molar-refractivity contribution in [2.75, 3.05) is 7.11 Å². The molecule has 6 heteroatoms. The molecule has 0 unspecified atom stereocenters. The molecule has 0 saturated heterocycles. The average Bonchev–Trinajstić information content (AvgIpc) is 2.63. The zero-order valence-electron chi connectivity index (χ0n) is 16.8. The lowest BCUT2D eigenvalue weighted by atomic mass is 10.1. The van der Waals surface area contributed by atoms with Crippen LogP contribution in [0.2, 0.25) is 0 Å². The first-order chi connectivity index (χ1) is 13.2. The number of carbonyl (C=O) groups excluding carboxylic acids is 2. The SMILES string of the molecule is COC(=O)Cc1ccc(O)c(CN(Cc2ccccc2)C(=O)OC(C)(C)C)c1. The molecule has 0 aliphatic carbocycles. The third-order valence-corrected chi connectivity index (χ3v) is 3.95. The molecule has 28 heavy (non-hydrogen) atoms. The van der Waals surface area contributed by atoms with Gasteiger partial charge in [-0.1, -0.05) is 36.4 Å². The molecule has 0 fully saturated rings. The van der Waals surface area contributed by atoms with Gasteiger partial charge in [0.2, 0.25) is 0 Å². The topological polar surface area (TPSA) is 76.1 Å². The Bertz CT molecular complexity index is 811. The fourth-order valence-corrected chi connectivity index (χ4v) is 2.64. The van der Waals surface area contributed by atoms with Crippen LogP contribution in [0.4, 0.5) is 4.79 Å². The molecule has 1 N–H and O–H groups in total. The van der Waals surface area contributed by atoms with E-state index in [0.29, 0.717) is 17.7 Å². The Morgan fingerprint density at radius 3 is 2.29 bits per heavy atom. The number of aromatic hydroxyl groups is 1. The molecular formula is C22H27NO5. The Kier molecular flexibility index (Phi) is 7.04. The van der Waals surface area contributed by atoms with E-state index in [1.54, 1.807) is 32.9 Å². The van der Waals surface area contributed by atoms with Crippen LogP contribution in [0.25, 0.3) is 0 Å². The van der Waals surface area contributed by atoms with Gasteiger partial charge in [0.15, 0.2) is 0 Å². The number of nitrogens with zero attached hydrogens (tertiary/aromatic N) is 1. The number of carbonyl (C=O) groups is 2. The highest BCUT2D eigenvalue weighted by Crippen LogP contribution is 2.23. The van der Waals surface area contributed by atoms with Crippen molar-refractivity contribution < 1.29 is 24.2 Å². The van der Waals surface area contributed by atoms with Gasteiger partial charge >= 0.3 is 12.1 Å². The van der Waals surface area contributed by atoms with Gasteiger partial charge in [-0.3, -0.25) is 9.69 Å². The van der Waals surface area contributed by atoms with E-state index in [9.17, 15) is 14.7 Å². The molecule has 0 radical (unpaired) electrons. The summed E-state index contributed by atoms with van der Waals surface area (Å²) in [6.07, 6.45) is -0.385. The van der Waals surface area contributed by atoms with Gasteiger partial charge in [0.1, 0.15) is 11.4 Å². The molecule has 2 rings (SSSR count). The molecule has 6 nitrogen and oxygen atoms in total. The van der Waals surface area contributed by atoms with E-state index in [4.69, 9.17) is 9.47 Å². The number of hydrogen-bond donors (Lipinski definition) is 1. The molecule has 0 heterocycles. The molecule has 0 bridgehead atoms. The Morgan fingerprint density at radius 2 is 1.68 bits per heavy atom. The highest BCUT2D eigenvalue weighted by molar-refractivity contribution is 5.72. The van der Waals surface area contributed by atoms with E-state index < -0.39 is 11.7 Å². The van der Waals surface area contributed by atoms with Crippen molar-refractivity contribution in [2.24, 2.45) is 0 Å². The molecule has 150 valence electrons. The second kappa shape index (κ2) is 9.26. The van der Waals surface area contributed by atoms with E-state index in [0.717, 1.165) is 5.56 Å². The quantitative estimate of drug-likeness (QED) is 0.760. The van der Waals surface area contributed by atoms with Gasteiger partial charge in [-0.05, 0) is 44.0 Å². The minimum Gasteiger partial charge on any atom is -0.508 e. The number of ether oxygens (including phenoxy) is 2. The van der Waals surface area contributed by atoms with Crippen LogP contribution >= 0.6 is 0 Å². The van der Waals surface area contributed by atoms with E-state index in [1.807, 2.05) is 30.3 Å². The van der Waals surface area contributed by atoms with Crippen molar-refractivity contribution >= 4 is 12.1 Å². The maximum absolute atomic E-state index is 12.7. The number of amides is 1. The zero-order valence-corrected chi connectivity index (χ0v) is 16.8. The van der Waals surface area contributed by atoms with Crippen LogP contribution in [0.1, 0.15) is 37.5 Å². The molecule has 0 aliphatic rings. The van der Waals surface area contributed by atoms with Gasteiger partial charge in [0.05, 0.1) is 20.1 Å². The molecule has 0 saturated carbocycles. The maximum atomic E-state index is 12.7. The fourth-order valence-electron chi connectivity index (χ4n) is 2.64. The lowest BCUT2D eigenvalue weighted by Crippen LogP contribution is -2.36. The van der Waals surface area contributed by atoms with Crippen LogP contribution in [0, 0.1) is 0 Å². The number of methoxy groups -OCH3 is 1. The smallest absolute Gasteiger partial charge is 0.410 e.